The highest BCUT2D eigenvalue weighted by molar-refractivity contribution is 5.94. The van der Waals surface area contributed by atoms with E-state index in [-0.39, 0.29) is 11.7 Å². The third-order valence-corrected chi connectivity index (χ3v) is 5.73. The molecule has 4 heteroatoms. The molecule has 5 atom stereocenters. The minimum atomic E-state index is -0.0968. The van der Waals surface area contributed by atoms with Gasteiger partial charge in [-0.3, -0.25) is 9.78 Å². The van der Waals surface area contributed by atoms with E-state index in [0.29, 0.717) is 17.5 Å². The average Bonchev–Trinajstić information content (AvgIpc) is 3.10. The van der Waals surface area contributed by atoms with Crippen LogP contribution in [-0.4, -0.2) is 22.0 Å². The fourth-order valence-corrected chi connectivity index (χ4v) is 5.04. The molecule has 3 aliphatic carbocycles. The maximum atomic E-state index is 12.3. The second-order valence-electron chi connectivity index (χ2n) is 6.67. The number of carbonyl (C=O) groups is 1. The SMILES string of the molecule is O=C(NC1CC2CC1C1CCCC21)c1cncc(O)c1. The van der Waals surface area contributed by atoms with Gasteiger partial charge in [0, 0.05) is 12.2 Å². The molecule has 1 heterocycles. The minimum Gasteiger partial charge on any atom is -0.506 e. The van der Waals surface area contributed by atoms with Gasteiger partial charge in [-0.2, -0.15) is 0 Å². The van der Waals surface area contributed by atoms with Crippen LogP contribution in [0.4, 0.5) is 0 Å². The van der Waals surface area contributed by atoms with Crippen molar-refractivity contribution in [2.24, 2.45) is 23.7 Å². The number of pyridine rings is 1. The maximum absolute atomic E-state index is 12.3. The number of aromatic hydroxyl groups is 1. The van der Waals surface area contributed by atoms with Crippen molar-refractivity contribution in [2.75, 3.05) is 0 Å². The number of hydrogen-bond acceptors (Lipinski definition) is 3. The molecular formula is C16H20N2O2. The summed E-state index contributed by atoms with van der Waals surface area (Å²) in [5.41, 5.74) is 0.454. The molecule has 1 aromatic rings. The van der Waals surface area contributed by atoms with Gasteiger partial charge in [-0.05, 0) is 55.4 Å². The smallest absolute Gasteiger partial charge is 0.253 e. The van der Waals surface area contributed by atoms with E-state index < -0.39 is 0 Å². The van der Waals surface area contributed by atoms with Crippen molar-refractivity contribution in [3.8, 4) is 5.75 Å². The Morgan fingerprint density at radius 2 is 2.05 bits per heavy atom. The summed E-state index contributed by atoms with van der Waals surface area (Å²) in [4.78, 5) is 16.1. The standard InChI is InChI=1S/C16H20N2O2/c19-11-4-10(7-17-8-11)16(20)18-15-6-9-5-14(15)13-3-1-2-12(9)13/h4,7-9,12-15,19H,1-3,5-6H2,(H,18,20). The summed E-state index contributed by atoms with van der Waals surface area (Å²) in [5, 5.41) is 12.6. The third-order valence-electron chi connectivity index (χ3n) is 5.73. The zero-order valence-electron chi connectivity index (χ0n) is 11.5. The Hall–Kier alpha value is -1.58. The molecule has 4 rings (SSSR count). The predicted octanol–water partition coefficient (Wildman–Crippen LogP) is 2.34. The van der Waals surface area contributed by atoms with Gasteiger partial charge in [-0.25, -0.2) is 0 Å². The normalized spacial score (nSPS) is 37.9. The first-order valence-corrected chi connectivity index (χ1v) is 7.67. The van der Waals surface area contributed by atoms with Crippen molar-refractivity contribution in [2.45, 2.75) is 38.1 Å². The topological polar surface area (TPSA) is 62.2 Å². The predicted molar refractivity (Wildman–Crippen MR) is 74.2 cm³/mol. The summed E-state index contributed by atoms with van der Waals surface area (Å²) in [5.74, 6) is 3.25. The Kier molecular flexibility index (Phi) is 2.72. The number of carbonyl (C=O) groups excluding carboxylic acids is 1. The van der Waals surface area contributed by atoms with Crippen LogP contribution in [0, 0.1) is 23.7 Å². The highest BCUT2D eigenvalue weighted by Gasteiger charge is 2.54. The molecule has 3 aliphatic rings. The van der Waals surface area contributed by atoms with Crippen LogP contribution in [0.5, 0.6) is 5.75 Å². The molecule has 1 amide bonds. The molecule has 2 bridgehead atoms. The second kappa shape index (κ2) is 4.47. The average molecular weight is 272 g/mol. The van der Waals surface area contributed by atoms with Gasteiger partial charge in [-0.15, -0.1) is 0 Å². The van der Waals surface area contributed by atoms with E-state index in [0.717, 1.165) is 24.2 Å². The zero-order valence-corrected chi connectivity index (χ0v) is 11.5. The van der Waals surface area contributed by atoms with E-state index in [9.17, 15) is 9.90 Å². The second-order valence-corrected chi connectivity index (χ2v) is 6.67. The molecule has 0 aliphatic heterocycles. The van der Waals surface area contributed by atoms with Gasteiger partial charge in [0.05, 0.1) is 11.8 Å². The molecule has 3 saturated carbocycles. The minimum absolute atomic E-state index is 0.0430. The van der Waals surface area contributed by atoms with Crippen molar-refractivity contribution in [1.82, 2.24) is 10.3 Å². The fourth-order valence-electron chi connectivity index (χ4n) is 5.04. The molecule has 0 aromatic carbocycles. The van der Waals surface area contributed by atoms with Gasteiger partial charge in [0.2, 0.25) is 0 Å². The van der Waals surface area contributed by atoms with Crippen LogP contribution in [0.25, 0.3) is 0 Å². The van der Waals surface area contributed by atoms with Gasteiger partial charge >= 0.3 is 0 Å². The number of fused-ring (bicyclic) bond motifs is 5. The molecular weight excluding hydrogens is 252 g/mol. The van der Waals surface area contributed by atoms with Crippen molar-refractivity contribution in [3.63, 3.8) is 0 Å². The van der Waals surface area contributed by atoms with Gasteiger partial charge in [0.15, 0.2) is 0 Å². The maximum Gasteiger partial charge on any atom is 0.253 e. The van der Waals surface area contributed by atoms with E-state index in [2.05, 4.69) is 10.3 Å². The number of nitrogens with zero attached hydrogens (tertiary/aromatic N) is 1. The molecule has 3 fully saturated rings. The lowest BCUT2D eigenvalue weighted by atomic mass is 9.79. The Bertz CT molecular complexity index is 545. The number of amides is 1. The van der Waals surface area contributed by atoms with Crippen LogP contribution in [0.2, 0.25) is 0 Å². The lowest BCUT2D eigenvalue weighted by molar-refractivity contribution is 0.0900. The van der Waals surface area contributed by atoms with Crippen LogP contribution in [0.1, 0.15) is 42.5 Å². The van der Waals surface area contributed by atoms with Crippen molar-refractivity contribution >= 4 is 5.91 Å². The van der Waals surface area contributed by atoms with E-state index in [1.165, 1.54) is 44.1 Å². The van der Waals surface area contributed by atoms with Crippen molar-refractivity contribution < 1.29 is 9.90 Å². The quantitative estimate of drug-likeness (QED) is 0.868. The number of hydrogen-bond donors (Lipinski definition) is 2. The van der Waals surface area contributed by atoms with Crippen molar-refractivity contribution in [1.29, 1.82) is 0 Å². The first-order chi connectivity index (χ1) is 9.72. The monoisotopic (exact) mass is 272 g/mol. The van der Waals surface area contributed by atoms with Gasteiger partial charge < -0.3 is 10.4 Å². The van der Waals surface area contributed by atoms with E-state index in [4.69, 9.17) is 0 Å². The first-order valence-electron chi connectivity index (χ1n) is 7.67. The van der Waals surface area contributed by atoms with Crippen LogP contribution in [0.3, 0.4) is 0 Å². The first kappa shape index (κ1) is 12.2. The van der Waals surface area contributed by atoms with Crippen LogP contribution < -0.4 is 5.32 Å². The van der Waals surface area contributed by atoms with Crippen LogP contribution >= 0.6 is 0 Å². The molecule has 4 nitrogen and oxygen atoms in total. The molecule has 2 N–H and O–H groups in total. The summed E-state index contributed by atoms with van der Waals surface area (Å²) in [6.45, 7) is 0. The number of aromatic nitrogens is 1. The molecule has 106 valence electrons. The largest absolute Gasteiger partial charge is 0.506 e. The number of rotatable bonds is 2. The van der Waals surface area contributed by atoms with E-state index >= 15 is 0 Å². The van der Waals surface area contributed by atoms with Crippen LogP contribution in [-0.2, 0) is 0 Å². The lowest BCUT2D eigenvalue weighted by Gasteiger charge is -2.32. The summed E-state index contributed by atoms with van der Waals surface area (Å²) in [7, 11) is 0. The third kappa shape index (κ3) is 1.81. The molecule has 20 heavy (non-hydrogen) atoms. The summed E-state index contributed by atoms with van der Waals surface area (Å²) < 4.78 is 0. The molecule has 0 spiro atoms. The van der Waals surface area contributed by atoms with E-state index in [1.54, 1.807) is 0 Å². The van der Waals surface area contributed by atoms with Gasteiger partial charge in [0.1, 0.15) is 5.75 Å². The fraction of sp³-hybridized carbons (Fsp3) is 0.625. The van der Waals surface area contributed by atoms with E-state index in [1.807, 2.05) is 0 Å². The number of nitrogens with one attached hydrogen (secondary N) is 1. The Morgan fingerprint density at radius 3 is 2.90 bits per heavy atom. The highest BCUT2D eigenvalue weighted by Crippen LogP contribution is 2.58. The summed E-state index contributed by atoms with van der Waals surface area (Å²) >= 11 is 0. The Morgan fingerprint density at radius 1 is 1.20 bits per heavy atom. The van der Waals surface area contributed by atoms with Crippen molar-refractivity contribution in [3.05, 3.63) is 24.0 Å². The zero-order chi connectivity index (χ0) is 13.7. The van der Waals surface area contributed by atoms with Gasteiger partial charge in [-0.1, -0.05) is 6.42 Å². The molecule has 1 aromatic heterocycles. The van der Waals surface area contributed by atoms with Crippen LogP contribution in [0.15, 0.2) is 18.5 Å². The Balaban J connectivity index is 1.47. The molecule has 0 saturated heterocycles. The molecule has 5 unspecified atom stereocenters. The summed E-state index contributed by atoms with van der Waals surface area (Å²) in [6.07, 6.45) is 9.44. The highest BCUT2D eigenvalue weighted by atomic mass is 16.3. The molecule has 0 radical (unpaired) electrons. The lowest BCUT2D eigenvalue weighted by Crippen LogP contribution is -2.42. The van der Waals surface area contributed by atoms with Gasteiger partial charge in [0.25, 0.3) is 5.91 Å². The Labute approximate surface area is 118 Å². The summed E-state index contributed by atoms with van der Waals surface area (Å²) in [6, 6.07) is 1.81.